The third kappa shape index (κ3) is 9.00. The molecule has 2 aromatic heterocycles. The lowest BCUT2D eigenvalue weighted by molar-refractivity contribution is -0.137. The molecule has 6 aromatic rings. The van der Waals surface area contributed by atoms with Crippen LogP contribution in [-0.4, -0.2) is 72.1 Å². The van der Waals surface area contributed by atoms with Gasteiger partial charge in [-0.2, -0.15) is 5.10 Å². The van der Waals surface area contributed by atoms with Crippen molar-refractivity contribution >= 4 is 17.7 Å². The van der Waals surface area contributed by atoms with Gasteiger partial charge >= 0.3 is 0 Å². The van der Waals surface area contributed by atoms with Gasteiger partial charge in [0, 0.05) is 41.6 Å². The van der Waals surface area contributed by atoms with Crippen LogP contribution in [0.4, 0.5) is 0 Å². The van der Waals surface area contributed by atoms with Gasteiger partial charge in [0.1, 0.15) is 18.1 Å². The van der Waals surface area contributed by atoms with Crippen LogP contribution < -0.4 is 10.6 Å². The Kier molecular flexibility index (Phi) is 11.7. The molecule has 0 spiro atoms. The molecule has 5 N–H and O–H groups in total. The van der Waals surface area contributed by atoms with Gasteiger partial charge in [-0.1, -0.05) is 96.8 Å². The molecule has 324 valence electrons. The summed E-state index contributed by atoms with van der Waals surface area (Å²) in [6.45, 7) is 1.32. The molecular weight excluding hydrogens is 801 g/mol. The molecule has 4 aliphatic rings. The minimum Gasteiger partial charge on any atom is -0.376 e. The number of hydrogen-bond donors (Lipinski definition) is 5. The zero-order valence-electron chi connectivity index (χ0n) is 35.6. The molecule has 10 rings (SSSR count). The second kappa shape index (κ2) is 18.1. The lowest BCUT2D eigenvalue weighted by Gasteiger charge is -2.34. The minimum absolute atomic E-state index is 0.00329. The maximum Gasteiger partial charge on any atom is 0.250 e. The zero-order chi connectivity index (χ0) is 43.6. The van der Waals surface area contributed by atoms with Gasteiger partial charge in [0.05, 0.1) is 41.4 Å². The molecule has 1 unspecified atom stereocenters. The zero-order valence-corrected chi connectivity index (χ0v) is 35.6. The van der Waals surface area contributed by atoms with E-state index in [-0.39, 0.29) is 41.6 Å². The molecule has 2 aliphatic heterocycles. The van der Waals surface area contributed by atoms with Crippen LogP contribution in [0.3, 0.4) is 0 Å². The largest absolute Gasteiger partial charge is 0.376 e. The van der Waals surface area contributed by atoms with E-state index in [4.69, 9.17) is 4.98 Å². The van der Waals surface area contributed by atoms with E-state index in [0.717, 1.165) is 108 Å². The number of nitrogens with one attached hydrogen (secondary N) is 4. The van der Waals surface area contributed by atoms with Crippen LogP contribution in [0.2, 0.25) is 0 Å². The van der Waals surface area contributed by atoms with Crippen LogP contribution in [-0.2, 0) is 14.4 Å². The number of aliphatic hydroxyl groups is 1. The number of amides is 3. The summed E-state index contributed by atoms with van der Waals surface area (Å²) in [6.07, 6.45) is 7.93. The topological polar surface area (TPSA) is 159 Å². The standard InChI is InChI=1S/C52H52N8O4/c61-49(39-25-26-39)55-46(37-9-3-1-4-10-37)51(63)59-29-7-13-44(59)42-31-41(57-58-42)35-21-17-33(18-22-35)15-16-34-19-23-36(24-20-34)43-32-53-48(54-43)45-14-8-30-60(45)52(64)47(38-11-5-2-6-12-38)56-50(62)40-27-28-40/h1-6,9-12,17-24,31-32,39-40,44-47,52,64H,7-8,13-14,25-30H2,(H,53,54)(H,55,61)(H,56,62)(H,57,58)/t44-,45-,46+,47+,52?/m0/s1. The molecule has 5 atom stereocenters. The summed E-state index contributed by atoms with van der Waals surface area (Å²) >= 11 is 0. The Hall–Kier alpha value is -6.81. The third-order valence-corrected chi connectivity index (χ3v) is 13.1. The van der Waals surface area contributed by atoms with Crippen molar-refractivity contribution in [1.29, 1.82) is 0 Å². The van der Waals surface area contributed by atoms with E-state index in [0.29, 0.717) is 13.1 Å². The van der Waals surface area contributed by atoms with Crippen LogP contribution in [0.15, 0.2) is 121 Å². The molecule has 2 saturated heterocycles. The molecule has 0 bridgehead atoms. The maximum atomic E-state index is 14.1. The predicted octanol–water partition coefficient (Wildman–Crippen LogP) is 7.52. The second-order valence-electron chi connectivity index (χ2n) is 17.6. The summed E-state index contributed by atoms with van der Waals surface area (Å²) in [5.41, 5.74) is 7.90. The molecule has 12 heteroatoms. The molecular formula is C52H52N8O4. The van der Waals surface area contributed by atoms with Gasteiger partial charge in [0.15, 0.2) is 0 Å². The molecule has 0 radical (unpaired) electrons. The highest BCUT2D eigenvalue weighted by atomic mass is 16.3. The molecule has 12 nitrogen and oxygen atoms in total. The Balaban J connectivity index is 0.773. The maximum absolute atomic E-state index is 14.1. The minimum atomic E-state index is -0.905. The van der Waals surface area contributed by atoms with Crippen LogP contribution >= 0.6 is 0 Å². The van der Waals surface area contributed by atoms with Crippen LogP contribution in [0, 0.1) is 23.7 Å². The van der Waals surface area contributed by atoms with Crippen molar-refractivity contribution in [3.63, 3.8) is 0 Å². The number of carbonyl (C=O) groups is 3. The first-order chi connectivity index (χ1) is 31.4. The van der Waals surface area contributed by atoms with Crippen LogP contribution in [0.5, 0.6) is 0 Å². The smallest absolute Gasteiger partial charge is 0.250 e. The van der Waals surface area contributed by atoms with E-state index in [1.165, 1.54) is 0 Å². The normalized spacial score (nSPS) is 19.9. The van der Waals surface area contributed by atoms with E-state index in [1.807, 2.05) is 126 Å². The van der Waals surface area contributed by atoms with Crippen molar-refractivity contribution in [2.24, 2.45) is 11.8 Å². The van der Waals surface area contributed by atoms with Gasteiger partial charge in [-0.25, -0.2) is 4.98 Å². The second-order valence-corrected chi connectivity index (χ2v) is 17.6. The van der Waals surface area contributed by atoms with Crippen molar-refractivity contribution in [2.45, 2.75) is 81.8 Å². The Labute approximate surface area is 372 Å². The molecule has 4 fully saturated rings. The van der Waals surface area contributed by atoms with Crippen molar-refractivity contribution in [2.75, 3.05) is 13.1 Å². The number of aromatic amines is 2. The van der Waals surface area contributed by atoms with Gasteiger partial charge in [-0.05, 0) is 98.4 Å². The number of H-pyrrole nitrogens is 2. The lowest BCUT2D eigenvalue weighted by Crippen LogP contribution is -2.46. The Morgan fingerprint density at radius 3 is 1.94 bits per heavy atom. The number of likely N-dealkylation sites (tertiary alicyclic amines) is 2. The average molecular weight is 853 g/mol. The Bertz CT molecular complexity index is 2660. The Morgan fingerprint density at radius 1 is 0.688 bits per heavy atom. The van der Waals surface area contributed by atoms with Gasteiger partial charge < -0.3 is 25.6 Å². The van der Waals surface area contributed by atoms with Gasteiger partial charge in [-0.3, -0.25) is 24.4 Å². The predicted molar refractivity (Wildman–Crippen MR) is 243 cm³/mol. The highest BCUT2D eigenvalue weighted by molar-refractivity contribution is 5.90. The van der Waals surface area contributed by atoms with E-state index in [1.54, 1.807) is 0 Å². The number of carbonyl (C=O) groups excluding carboxylic acids is 3. The third-order valence-electron chi connectivity index (χ3n) is 13.1. The van der Waals surface area contributed by atoms with Crippen LogP contribution in [0.1, 0.15) is 109 Å². The van der Waals surface area contributed by atoms with Gasteiger partial charge in [0.25, 0.3) is 0 Å². The first kappa shape index (κ1) is 41.2. The van der Waals surface area contributed by atoms with E-state index in [2.05, 4.69) is 42.6 Å². The number of imidazole rings is 1. The molecule has 2 saturated carbocycles. The summed E-state index contributed by atoms with van der Waals surface area (Å²) < 4.78 is 0. The number of aromatic nitrogens is 4. The Morgan fingerprint density at radius 2 is 1.28 bits per heavy atom. The summed E-state index contributed by atoms with van der Waals surface area (Å²) in [7, 11) is 0. The summed E-state index contributed by atoms with van der Waals surface area (Å²) in [5, 5.41) is 25.8. The first-order valence-corrected chi connectivity index (χ1v) is 22.6. The van der Waals surface area contributed by atoms with Crippen LogP contribution in [0.25, 0.3) is 22.5 Å². The average Bonchev–Trinajstić information content (AvgIpc) is 4.09. The van der Waals surface area contributed by atoms with E-state index in [9.17, 15) is 19.5 Å². The lowest BCUT2D eigenvalue weighted by atomic mass is 10.0. The number of aliphatic hydroxyl groups excluding tert-OH is 1. The first-order valence-electron chi connectivity index (χ1n) is 22.6. The fraction of sp³-hybridized carbons (Fsp3) is 0.327. The molecule has 4 heterocycles. The fourth-order valence-electron chi connectivity index (χ4n) is 9.17. The number of rotatable bonds is 13. The SMILES string of the molecule is O=C(N[C@H](c1ccccc1)C(O)N1CCC[C@H]1c1ncc(-c2ccc(C#Cc3ccc(-c4cc([C@@H]5CCCN5C(=O)[C@H](NC(=O)C5CC5)c5ccccc5)[nH]n4)cc3)cc2)[nH]1)C1CC1. The molecule has 4 aromatic carbocycles. The highest BCUT2D eigenvalue weighted by Crippen LogP contribution is 2.38. The molecule has 2 aliphatic carbocycles. The van der Waals surface area contributed by atoms with Crippen molar-refractivity contribution in [3.8, 4) is 34.4 Å². The highest BCUT2D eigenvalue weighted by Gasteiger charge is 2.41. The van der Waals surface area contributed by atoms with E-state index >= 15 is 0 Å². The van der Waals surface area contributed by atoms with Gasteiger partial charge in [0.2, 0.25) is 17.7 Å². The van der Waals surface area contributed by atoms with Crippen molar-refractivity contribution in [1.82, 2.24) is 40.6 Å². The van der Waals surface area contributed by atoms with E-state index < -0.39 is 18.3 Å². The summed E-state index contributed by atoms with van der Waals surface area (Å²) in [4.78, 5) is 52.0. The monoisotopic (exact) mass is 852 g/mol. The quantitative estimate of drug-likeness (QED) is 0.0752. The van der Waals surface area contributed by atoms with Gasteiger partial charge in [-0.15, -0.1) is 0 Å². The summed E-state index contributed by atoms with van der Waals surface area (Å²) in [6, 6.07) is 35.8. The molecule has 64 heavy (non-hydrogen) atoms. The fourth-order valence-corrected chi connectivity index (χ4v) is 9.17. The number of nitrogens with zero attached hydrogens (tertiary/aromatic N) is 4. The molecule has 3 amide bonds. The number of hydrogen-bond acceptors (Lipinski definition) is 7. The summed E-state index contributed by atoms with van der Waals surface area (Å²) in [5.74, 6) is 7.27. The van der Waals surface area contributed by atoms with Crippen molar-refractivity contribution in [3.05, 3.63) is 155 Å². The number of benzene rings is 4. The van der Waals surface area contributed by atoms with Crippen molar-refractivity contribution < 1.29 is 19.5 Å².